The standard InChI is InChI=1S/C14H16NO4P/c1-10(16)13(19-20(17)18)9-14(15)8-4-6-11-5-2-3-7-12(11)14/h2-7,13H,8-9,15H2,1H3/p+1. The highest BCUT2D eigenvalue weighted by molar-refractivity contribution is 7.32. The molecule has 2 rings (SSSR count). The smallest absolute Gasteiger partial charge is 0.321 e. The highest BCUT2D eigenvalue weighted by Crippen LogP contribution is 2.37. The van der Waals surface area contributed by atoms with Gasteiger partial charge in [0.05, 0.1) is 0 Å². The van der Waals surface area contributed by atoms with Gasteiger partial charge in [0, 0.05) is 16.5 Å². The lowest BCUT2D eigenvalue weighted by Gasteiger charge is -2.34. The van der Waals surface area contributed by atoms with E-state index in [1.54, 1.807) is 0 Å². The van der Waals surface area contributed by atoms with Crippen LogP contribution in [0.5, 0.6) is 0 Å². The van der Waals surface area contributed by atoms with Gasteiger partial charge >= 0.3 is 8.25 Å². The first kappa shape index (κ1) is 15.0. The first-order valence-corrected chi connectivity index (χ1v) is 7.44. The molecule has 0 fully saturated rings. The second-order valence-corrected chi connectivity index (χ2v) is 5.68. The summed E-state index contributed by atoms with van der Waals surface area (Å²) in [5.74, 6) is -0.306. The number of hydrogen-bond acceptors (Lipinski definition) is 4. The predicted molar refractivity (Wildman–Crippen MR) is 76.0 cm³/mol. The summed E-state index contributed by atoms with van der Waals surface area (Å²) in [7, 11) is -2.83. The summed E-state index contributed by atoms with van der Waals surface area (Å²) in [6.07, 6.45) is 3.67. The van der Waals surface area contributed by atoms with Gasteiger partial charge in [-0.05, 0) is 24.5 Å². The molecule has 3 unspecified atom stereocenters. The SMILES string of the molecule is CC(=O)C(CC1(N)CC=Cc2ccccc21)O[P+](=O)O. The molecule has 0 amide bonds. The molecule has 3 atom stereocenters. The molecule has 1 aromatic carbocycles. The maximum Gasteiger partial charge on any atom is 0.695 e. The topological polar surface area (TPSA) is 89.6 Å². The van der Waals surface area contributed by atoms with Gasteiger partial charge in [-0.1, -0.05) is 36.4 Å². The van der Waals surface area contributed by atoms with Gasteiger partial charge in [-0.25, -0.2) is 0 Å². The molecular formula is C14H17NO4P+. The fraction of sp³-hybridized carbons (Fsp3) is 0.357. The minimum atomic E-state index is -2.83. The number of carbonyl (C=O) groups is 1. The Morgan fingerprint density at radius 3 is 2.90 bits per heavy atom. The molecule has 1 aromatic rings. The molecule has 0 spiro atoms. The van der Waals surface area contributed by atoms with Crippen molar-refractivity contribution >= 4 is 20.1 Å². The van der Waals surface area contributed by atoms with Crippen LogP contribution in [-0.4, -0.2) is 16.8 Å². The number of carbonyl (C=O) groups excluding carboxylic acids is 1. The van der Waals surface area contributed by atoms with Gasteiger partial charge in [0.2, 0.25) is 0 Å². The van der Waals surface area contributed by atoms with E-state index in [9.17, 15) is 9.36 Å². The summed E-state index contributed by atoms with van der Waals surface area (Å²) >= 11 is 0. The summed E-state index contributed by atoms with van der Waals surface area (Å²) in [4.78, 5) is 20.4. The van der Waals surface area contributed by atoms with Crippen LogP contribution < -0.4 is 5.73 Å². The van der Waals surface area contributed by atoms with Gasteiger partial charge in [0.15, 0.2) is 11.9 Å². The molecule has 0 saturated heterocycles. The lowest BCUT2D eigenvalue weighted by molar-refractivity contribution is -0.124. The van der Waals surface area contributed by atoms with Crippen molar-refractivity contribution in [2.45, 2.75) is 31.4 Å². The third kappa shape index (κ3) is 3.19. The van der Waals surface area contributed by atoms with E-state index in [1.165, 1.54) is 6.92 Å². The lowest BCUT2D eigenvalue weighted by Crippen LogP contribution is -2.43. The molecule has 106 valence electrons. The van der Waals surface area contributed by atoms with Crippen molar-refractivity contribution < 1.29 is 18.8 Å². The monoisotopic (exact) mass is 294 g/mol. The largest absolute Gasteiger partial charge is 0.695 e. The average molecular weight is 294 g/mol. The molecule has 3 N–H and O–H groups in total. The molecule has 5 nitrogen and oxygen atoms in total. The van der Waals surface area contributed by atoms with Crippen LogP contribution in [-0.2, 0) is 19.4 Å². The number of rotatable bonds is 5. The predicted octanol–water partition coefficient (Wildman–Crippen LogP) is 2.27. The minimum Gasteiger partial charge on any atom is -0.321 e. The molecule has 0 aromatic heterocycles. The van der Waals surface area contributed by atoms with Crippen LogP contribution in [0.25, 0.3) is 6.08 Å². The van der Waals surface area contributed by atoms with E-state index in [-0.39, 0.29) is 12.2 Å². The number of Topliss-reactive ketones (excluding diaryl/α,β-unsaturated/α-hetero) is 1. The Morgan fingerprint density at radius 2 is 2.25 bits per heavy atom. The van der Waals surface area contributed by atoms with Gasteiger partial charge in [0.25, 0.3) is 0 Å². The van der Waals surface area contributed by atoms with Gasteiger partial charge in [-0.15, -0.1) is 9.42 Å². The van der Waals surface area contributed by atoms with E-state index < -0.39 is 19.9 Å². The van der Waals surface area contributed by atoms with Crippen LogP contribution in [0.2, 0.25) is 0 Å². The Kier molecular flexibility index (Phi) is 4.45. The molecule has 1 aliphatic carbocycles. The molecule has 6 heteroatoms. The van der Waals surface area contributed by atoms with E-state index in [0.717, 1.165) is 11.1 Å². The number of benzene rings is 1. The van der Waals surface area contributed by atoms with Crippen molar-refractivity contribution in [2.24, 2.45) is 5.73 Å². The molecule has 0 aliphatic heterocycles. The molecular weight excluding hydrogens is 277 g/mol. The number of ketones is 1. The highest BCUT2D eigenvalue weighted by atomic mass is 31.1. The summed E-state index contributed by atoms with van der Waals surface area (Å²) in [6, 6.07) is 7.66. The average Bonchev–Trinajstić information content (AvgIpc) is 2.38. The van der Waals surface area contributed by atoms with Crippen LogP contribution in [0.3, 0.4) is 0 Å². The van der Waals surface area contributed by atoms with E-state index in [4.69, 9.17) is 15.2 Å². The lowest BCUT2D eigenvalue weighted by atomic mass is 9.77. The summed E-state index contributed by atoms with van der Waals surface area (Å²) in [5.41, 5.74) is 7.57. The second-order valence-electron chi connectivity index (χ2n) is 5.00. The maximum absolute atomic E-state index is 11.6. The van der Waals surface area contributed by atoms with E-state index in [2.05, 4.69) is 0 Å². The molecule has 0 saturated carbocycles. The zero-order valence-electron chi connectivity index (χ0n) is 11.2. The number of fused-ring (bicyclic) bond motifs is 1. The summed E-state index contributed by atoms with van der Waals surface area (Å²) in [6.45, 7) is 1.33. The van der Waals surface area contributed by atoms with Crippen LogP contribution >= 0.6 is 8.25 Å². The Hall–Kier alpha value is -1.39. The molecule has 1 aliphatic rings. The second kappa shape index (κ2) is 5.94. The molecule has 20 heavy (non-hydrogen) atoms. The quantitative estimate of drug-likeness (QED) is 0.813. The summed E-state index contributed by atoms with van der Waals surface area (Å²) < 4.78 is 15.6. The third-order valence-corrected chi connectivity index (χ3v) is 3.93. The van der Waals surface area contributed by atoms with Crippen molar-refractivity contribution in [3.05, 3.63) is 41.5 Å². The fourth-order valence-electron chi connectivity index (χ4n) is 2.49. The summed E-state index contributed by atoms with van der Waals surface area (Å²) in [5, 5.41) is 0. The zero-order chi connectivity index (χ0) is 14.8. The van der Waals surface area contributed by atoms with Crippen molar-refractivity contribution in [3.63, 3.8) is 0 Å². The van der Waals surface area contributed by atoms with Crippen LogP contribution in [0.15, 0.2) is 30.3 Å². The Balaban J connectivity index is 2.29. The van der Waals surface area contributed by atoms with Crippen LogP contribution in [0.4, 0.5) is 0 Å². The van der Waals surface area contributed by atoms with E-state index in [1.807, 2.05) is 36.4 Å². The van der Waals surface area contributed by atoms with E-state index >= 15 is 0 Å². The molecule has 0 bridgehead atoms. The Morgan fingerprint density at radius 1 is 1.55 bits per heavy atom. The maximum atomic E-state index is 11.6. The molecule has 0 radical (unpaired) electrons. The van der Waals surface area contributed by atoms with Crippen molar-refractivity contribution in [1.82, 2.24) is 0 Å². The van der Waals surface area contributed by atoms with Gasteiger partial charge in [-0.2, -0.15) is 0 Å². The third-order valence-electron chi connectivity index (χ3n) is 3.50. The number of nitrogens with two attached hydrogens (primary N) is 1. The normalized spacial score (nSPS) is 23.1. The fourth-order valence-corrected chi connectivity index (χ4v) is 2.93. The molecule has 0 heterocycles. The first-order valence-electron chi connectivity index (χ1n) is 6.31. The van der Waals surface area contributed by atoms with Crippen LogP contribution in [0.1, 0.15) is 30.9 Å². The van der Waals surface area contributed by atoms with Gasteiger partial charge < -0.3 is 5.73 Å². The zero-order valence-corrected chi connectivity index (χ0v) is 12.0. The van der Waals surface area contributed by atoms with Crippen molar-refractivity contribution in [1.29, 1.82) is 0 Å². The van der Waals surface area contributed by atoms with E-state index in [0.29, 0.717) is 6.42 Å². The Labute approximate surface area is 118 Å². The van der Waals surface area contributed by atoms with Crippen molar-refractivity contribution in [2.75, 3.05) is 0 Å². The van der Waals surface area contributed by atoms with Crippen LogP contribution in [0, 0.1) is 0 Å². The first-order chi connectivity index (χ1) is 9.42. The van der Waals surface area contributed by atoms with Gasteiger partial charge in [0.1, 0.15) is 0 Å². The Bertz CT molecular complexity index is 572. The number of hydrogen-bond donors (Lipinski definition) is 2. The van der Waals surface area contributed by atoms with Gasteiger partial charge in [-0.3, -0.25) is 4.79 Å². The highest BCUT2D eigenvalue weighted by Gasteiger charge is 2.38. The van der Waals surface area contributed by atoms with Crippen molar-refractivity contribution in [3.8, 4) is 0 Å². The minimum absolute atomic E-state index is 0.172.